The summed E-state index contributed by atoms with van der Waals surface area (Å²) in [7, 11) is 0. The van der Waals surface area contributed by atoms with Crippen LogP contribution in [0.25, 0.3) is 0 Å². The molecule has 1 aromatic heterocycles. The molecular weight excluding hydrogens is 286 g/mol. The SMILES string of the molecule is CCn1cc(CN2CCCC(COc3cccc(C)c3)C2)cn1. The molecule has 0 amide bonds. The number of piperidine rings is 1. The summed E-state index contributed by atoms with van der Waals surface area (Å²) >= 11 is 0. The molecule has 0 radical (unpaired) electrons. The van der Waals surface area contributed by atoms with E-state index in [0.717, 1.165) is 32.0 Å². The average Bonchev–Trinajstić information content (AvgIpc) is 3.01. The maximum absolute atomic E-state index is 6.00. The molecular formula is C19H27N3O. The van der Waals surface area contributed by atoms with Gasteiger partial charge in [-0.15, -0.1) is 0 Å². The van der Waals surface area contributed by atoms with Crippen molar-refractivity contribution in [3.05, 3.63) is 47.8 Å². The Kier molecular flexibility index (Phi) is 5.34. The van der Waals surface area contributed by atoms with Crippen LogP contribution in [0.2, 0.25) is 0 Å². The molecule has 1 atom stereocenters. The molecule has 1 aliphatic rings. The van der Waals surface area contributed by atoms with Crippen molar-refractivity contribution >= 4 is 0 Å². The van der Waals surface area contributed by atoms with Crippen LogP contribution in [-0.4, -0.2) is 34.4 Å². The van der Waals surface area contributed by atoms with Gasteiger partial charge in [0.2, 0.25) is 0 Å². The maximum Gasteiger partial charge on any atom is 0.119 e. The highest BCUT2D eigenvalue weighted by molar-refractivity contribution is 5.27. The highest BCUT2D eigenvalue weighted by atomic mass is 16.5. The molecule has 1 saturated heterocycles. The number of aryl methyl sites for hydroxylation is 2. The first-order valence-corrected chi connectivity index (χ1v) is 8.66. The number of likely N-dealkylation sites (tertiary alicyclic amines) is 1. The van der Waals surface area contributed by atoms with Gasteiger partial charge < -0.3 is 4.74 Å². The lowest BCUT2D eigenvalue weighted by Gasteiger charge is -2.32. The van der Waals surface area contributed by atoms with E-state index in [9.17, 15) is 0 Å². The second-order valence-electron chi connectivity index (χ2n) is 6.58. The summed E-state index contributed by atoms with van der Waals surface area (Å²) in [5.41, 5.74) is 2.56. The zero-order valence-electron chi connectivity index (χ0n) is 14.2. The Morgan fingerprint density at radius 1 is 1.35 bits per heavy atom. The molecule has 0 saturated carbocycles. The van der Waals surface area contributed by atoms with Crippen LogP contribution in [0, 0.1) is 12.8 Å². The lowest BCUT2D eigenvalue weighted by atomic mass is 9.98. The van der Waals surface area contributed by atoms with Gasteiger partial charge in [0.05, 0.1) is 12.8 Å². The summed E-state index contributed by atoms with van der Waals surface area (Å²) in [5.74, 6) is 1.61. The quantitative estimate of drug-likeness (QED) is 0.817. The van der Waals surface area contributed by atoms with Crippen molar-refractivity contribution in [2.75, 3.05) is 19.7 Å². The van der Waals surface area contributed by atoms with Crippen LogP contribution in [0.3, 0.4) is 0 Å². The first kappa shape index (κ1) is 16.1. The van der Waals surface area contributed by atoms with E-state index < -0.39 is 0 Å². The van der Waals surface area contributed by atoms with Gasteiger partial charge in [-0.2, -0.15) is 5.10 Å². The normalized spacial score (nSPS) is 19.0. The molecule has 4 heteroatoms. The third kappa shape index (κ3) is 4.58. The topological polar surface area (TPSA) is 30.3 Å². The molecule has 23 heavy (non-hydrogen) atoms. The molecule has 1 aliphatic heterocycles. The van der Waals surface area contributed by atoms with Crippen molar-refractivity contribution in [1.82, 2.24) is 14.7 Å². The first-order valence-electron chi connectivity index (χ1n) is 8.66. The highest BCUT2D eigenvalue weighted by Gasteiger charge is 2.21. The van der Waals surface area contributed by atoms with E-state index >= 15 is 0 Å². The van der Waals surface area contributed by atoms with Crippen LogP contribution in [0.5, 0.6) is 5.75 Å². The first-order chi connectivity index (χ1) is 11.2. The van der Waals surface area contributed by atoms with Crippen LogP contribution in [0.15, 0.2) is 36.7 Å². The van der Waals surface area contributed by atoms with Gasteiger partial charge in [-0.25, -0.2) is 0 Å². The van der Waals surface area contributed by atoms with Gasteiger partial charge in [0, 0.05) is 37.3 Å². The summed E-state index contributed by atoms with van der Waals surface area (Å²) in [5, 5.41) is 4.37. The van der Waals surface area contributed by atoms with Crippen molar-refractivity contribution in [3.63, 3.8) is 0 Å². The predicted octanol–water partition coefficient (Wildman–Crippen LogP) is 3.50. The molecule has 0 aliphatic carbocycles. The van der Waals surface area contributed by atoms with Crippen molar-refractivity contribution in [2.45, 2.75) is 39.8 Å². The highest BCUT2D eigenvalue weighted by Crippen LogP contribution is 2.20. The van der Waals surface area contributed by atoms with Gasteiger partial charge >= 0.3 is 0 Å². The molecule has 1 aromatic carbocycles. The maximum atomic E-state index is 6.00. The molecule has 1 fully saturated rings. The van der Waals surface area contributed by atoms with Crippen molar-refractivity contribution < 1.29 is 4.74 Å². The number of hydrogen-bond donors (Lipinski definition) is 0. The minimum absolute atomic E-state index is 0.616. The lowest BCUT2D eigenvalue weighted by molar-refractivity contribution is 0.125. The number of hydrogen-bond acceptors (Lipinski definition) is 3. The van der Waals surface area contributed by atoms with Gasteiger partial charge in [0.25, 0.3) is 0 Å². The second kappa shape index (κ2) is 7.64. The number of ether oxygens (including phenoxy) is 1. The van der Waals surface area contributed by atoms with Crippen molar-refractivity contribution in [2.24, 2.45) is 5.92 Å². The molecule has 2 heterocycles. The Morgan fingerprint density at radius 3 is 3.04 bits per heavy atom. The van der Waals surface area contributed by atoms with Gasteiger partial charge in [0.1, 0.15) is 5.75 Å². The van der Waals surface area contributed by atoms with Crippen LogP contribution in [0.4, 0.5) is 0 Å². The third-order valence-electron chi connectivity index (χ3n) is 4.50. The average molecular weight is 313 g/mol. The zero-order chi connectivity index (χ0) is 16.1. The number of aromatic nitrogens is 2. The molecule has 0 N–H and O–H groups in total. The van der Waals surface area contributed by atoms with E-state index in [0.29, 0.717) is 5.92 Å². The second-order valence-corrected chi connectivity index (χ2v) is 6.58. The molecule has 4 nitrogen and oxygen atoms in total. The van der Waals surface area contributed by atoms with Crippen LogP contribution in [-0.2, 0) is 13.1 Å². The summed E-state index contributed by atoms with van der Waals surface area (Å²) in [4.78, 5) is 2.53. The monoisotopic (exact) mass is 313 g/mol. The summed E-state index contributed by atoms with van der Waals surface area (Å²) in [6.07, 6.45) is 6.67. The lowest BCUT2D eigenvalue weighted by Crippen LogP contribution is -2.37. The largest absolute Gasteiger partial charge is 0.493 e. The Hall–Kier alpha value is -1.81. The molecule has 0 spiro atoms. The minimum Gasteiger partial charge on any atom is -0.493 e. The van der Waals surface area contributed by atoms with Crippen molar-refractivity contribution in [1.29, 1.82) is 0 Å². The zero-order valence-corrected chi connectivity index (χ0v) is 14.2. The molecule has 3 rings (SSSR count). The fourth-order valence-corrected chi connectivity index (χ4v) is 3.27. The third-order valence-corrected chi connectivity index (χ3v) is 4.50. The van der Waals surface area contributed by atoms with E-state index in [1.54, 1.807) is 0 Å². The van der Waals surface area contributed by atoms with Gasteiger partial charge in [-0.05, 0) is 50.9 Å². The van der Waals surface area contributed by atoms with E-state index in [-0.39, 0.29) is 0 Å². The van der Waals surface area contributed by atoms with E-state index in [1.165, 1.54) is 30.5 Å². The number of benzene rings is 1. The summed E-state index contributed by atoms with van der Waals surface area (Å²) in [6, 6.07) is 8.32. The van der Waals surface area contributed by atoms with E-state index in [2.05, 4.69) is 48.2 Å². The van der Waals surface area contributed by atoms with Crippen molar-refractivity contribution in [3.8, 4) is 5.75 Å². The minimum atomic E-state index is 0.616. The Balaban J connectivity index is 1.49. The van der Waals surface area contributed by atoms with Gasteiger partial charge in [0.15, 0.2) is 0 Å². The Labute approximate surface area is 139 Å². The van der Waals surface area contributed by atoms with E-state index in [1.807, 2.05) is 16.9 Å². The number of nitrogens with zero attached hydrogens (tertiary/aromatic N) is 3. The Morgan fingerprint density at radius 2 is 2.26 bits per heavy atom. The fourth-order valence-electron chi connectivity index (χ4n) is 3.27. The smallest absolute Gasteiger partial charge is 0.119 e. The van der Waals surface area contributed by atoms with Crippen LogP contribution in [0.1, 0.15) is 30.9 Å². The Bertz CT molecular complexity index is 623. The van der Waals surface area contributed by atoms with Gasteiger partial charge in [-0.3, -0.25) is 9.58 Å². The van der Waals surface area contributed by atoms with E-state index in [4.69, 9.17) is 4.74 Å². The predicted molar refractivity (Wildman–Crippen MR) is 92.6 cm³/mol. The summed E-state index contributed by atoms with van der Waals surface area (Å²) in [6.45, 7) is 9.27. The fraction of sp³-hybridized carbons (Fsp3) is 0.526. The molecule has 2 aromatic rings. The molecule has 1 unspecified atom stereocenters. The molecule has 0 bridgehead atoms. The van der Waals surface area contributed by atoms with Crippen LogP contribution >= 0.6 is 0 Å². The number of rotatable bonds is 6. The molecule has 124 valence electrons. The van der Waals surface area contributed by atoms with Gasteiger partial charge in [-0.1, -0.05) is 12.1 Å². The standard InChI is InChI=1S/C19H27N3O/c1-3-22-14-18(11-20-22)13-21-9-5-7-17(12-21)15-23-19-8-4-6-16(2)10-19/h4,6,8,10-11,14,17H,3,5,7,9,12-13,15H2,1-2H3. The summed E-state index contributed by atoms with van der Waals surface area (Å²) < 4.78 is 8.00. The van der Waals surface area contributed by atoms with Crippen LogP contribution < -0.4 is 4.74 Å².